The number of carboxylic acids is 1. The largest absolute Gasteiger partial charge is 0.495 e. The summed E-state index contributed by atoms with van der Waals surface area (Å²) in [6.45, 7) is 0. The molecule has 0 unspecified atom stereocenters. The molecule has 36 heavy (non-hydrogen) atoms. The van der Waals surface area contributed by atoms with Crippen LogP contribution >= 0.6 is 11.3 Å². The van der Waals surface area contributed by atoms with Crippen LogP contribution in [0.25, 0.3) is 10.6 Å². The first kappa shape index (κ1) is 24.7. The van der Waals surface area contributed by atoms with E-state index in [0.29, 0.717) is 16.3 Å². The molecule has 0 atom stereocenters. The van der Waals surface area contributed by atoms with Crippen LogP contribution in [-0.4, -0.2) is 31.6 Å². The minimum atomic E-state index is -4.16. The number of methoxy groups -OCH3 is 1. The van der Waals surface area contributed by atoms with Crippen molar-refractivity contribution < 1.29 is 27.4 Å². The molecule has 2 N–H and O–H groups in total. The van der Waals surface area contributed by atoms with E-state index in [-0.39, 0.29) is 16.5 Å². The normalized spacial score (nSPS) is 17.5. The smallest absolute Gasteiger partial charge is 0.338 e. The number of aromatic nitrogens is 1. The molecule has 0 aliphatic heterocycles. The topological polar surface area (TPSA) is 106 Å². The number of sulfonamides is 1. The summed E-state index contributed by atoms with van der Waals surface area (Å²) < 4.78 is 47.3. The third-order valence-corrected chi connectivity index (χ3v) is 9.71. The van der Waals surface area contributed by atoms with Crippen LogP contribution in [0, 0.1) is 11.2 Å². The summed E-state index contributed by atoms with van der Waals surface area (Å²) in [4.78, 5) is 15.4. The molecule has 2 aromatic carbocycles. The number of benzene rings is 2. The zero-order valence-electron chi connectivity index (χ0n) is 19.8. The lowest BCUT2D eigenvalue weighted by atomic mass is 9.54. The van der Waals surface area contributed by atoms with Gasteiger partial charge >= 0.3 is 5.97 Å². The predicted molar refractivity (Wildman–Crippen MR) is 136 cm³/mol. The Morgan fingerprint density at radius 2 is 1.86 bits per heavy atom. The molecule has 5 rings (SSSR count). The first-order valence-corrected chi connectivity index (χ1v) is 14.3. The molecule has 0 amide bonds. The number of hydrogen-bond donors (Lipinski definition) is 2. The van der Waals surface area contributed by atoms with Crippen molar-refractivity contribution in [2.45, 2.75) is 55.9 Å². The van der Waals surface area contributed by atoms with Gasteiger partial charge in [0.05, 0.1) is 18.4 Å². The first-order valence-electron chi connectivity index (χ1n) is 11.9. The highest BCUT2D eigenvalue weighted by Crippen LogP contribution is 2.58. The van der Waals surface area contributed by atoms with E-state index in [2.05, 4.69) is 21.8 Å². The lowest BCUT2D eigenvalue weighted by molar-refractivity contribution is 0.0523. The first-order chi connectivity index (χ1) is 17.2. The van der Waals surface area contributed by atoms with Crippen molar-refractivity contribution in [3.05, 3.63) is 58.7 Å². The molecule has 190 valence electrons. The van der Waals surface area contributed by atoms with Gasteiger partial charge in [-0.2, -0.15) is 8.42 Å². The molecule has 10 heteroatoms. The molecule has 3 aromatic rings. The van der Waals surface area contributed by atoms with Gasteiger partial charge < -0.3 is 9.84 Å². The van der Waals surface area contributed by atoms with Gasteiger partial charge in [-0.05, 0) is 48.6 Å². The average Bonchev–Trinajstić information content (AvgIpc) is 3.34. The number of nitrogens with one attached hydrogen (secondary N) is 1. The fraction of sp³-hybridized carbons (Fsp3) is 0.385. The Balaban J connectivity index is 1.30. The molecular weight excluding hydrogens is 503 g/mol. The Morgan fingerprint density at radius 3 is 2.50 bits per heavy atom. The summed E-state index contributed by atoms with van der Waals surface area (Å²) in [6, 6.07) is 9.90. The number of ether oxygens (including phenoxy) is 1. The molecule has 1 aromatic heterocycles. The fourth-order valence-corrected chi connectivity index (χ4v) is 7.67. The summed E-state index contributed by atoms with van der Waals surface area (Å²) in [5, 5.41) is 10.8. The van der Waals surface area contributed by atoms with Crippen LogP contribution in [0.2, 0.25) is 0 Å². The van der Waals surface area contributed by atoms with Crippen molar-refractivity contribution in [2.75, 3.05) is 11.8 Å². The molecule has 2 fully saturated rings. The van der Waals surface area contributed by atoms with Gasteiger partial charge in [0.2, 0.25) is 0 Å². The highest BCUT2D eigenvalue weighted by Gasteiger charge is 2.44. The minimum absolute atomic E-state index is 0.116. The Kier molecular flexibility index (Phi) is 6.50. The van der Waals surface area contributed by atoms with Crippen LogP contribution in [0.1, 0.15) is 66.8 Å². The zero-order chi connectivity index (χ0) is 25.5. The molecule has 0 radical (unpaired) electrons. The average molecular weight is 531 g/mol. The van der Waals surface area contributed by atoms with E-state index in [9.17, 15) is 17.6 Å². The van der Waals surface area contributed by atoms with Gasteiger partial charge in [-0.1, -0.05) is 43.5 Å². The monoisotopic (exact) mass is 530 g/mol. The van der Waals surface area contributed by atoms with Crippen molar-refractivity contribution in [1.82, 2.24) is 4.98 Å². The van der Waals surface area contributed by atoms with E-state index in [0.717, 1.165) is 17.7 Å². The SMILES string of the molecule is COc1cc(C(=O)O)c(F)cc1NS(=O)(=O)c1csc(-c2ccc(C3CC4(CCCCC4)C3)cc2)n1. The van der Waals surface area contributed by atoms with Crippen molar-refractivity contribution in [1.29, 1.82) is 0 Å². The van der Waals surface area contributed by atoms with Crippen LogP contribution in [0.4, 0.5) is 10.1 Å². The van der Waals surface area contributed by atoms with E-state index < -0.39 is 27.4 Å². The number of rotatable bonds is 7. The number of carbonyl (C=O) groups is 1. The Morgan fingerprint density at radius 1 is 1.17 bits per heavy atom. The number of anilines is 1. The molecule has 2 aliphatic rings. The van der Waals surface area contributed by atoms with Crippen LogP contribution in [0.5, 0.6) is 5.75 Å². The van der Waals surface area contributed by atoms with Crippen molar-refractivity contribution >= 4 is 33.0 Å². The maximum Gasteiger partial charge on any atom is 0.338 e. The second-order valence-electron chi connectivity index (χ2n) is 9.72. The molecule has 0 bridgehead atoms. The number of nitrogens with zero attached hydrogens (tertiary/aromatic N) is 1. The van der Waals surface area contributed by atoms with Gasteiger partial charge in [-0.3, -0.25) is 4.72 Å². The summed E-state index contributed by atoms with van der Waals surface area (Å²) >= 11 is 1.20. The maximum atomic E-state index is 14.2. The number of carboxylic acid groups (broad SMARTS) is 1. The van der Waals surface area contributed by atoms with Crippen LogP contribution < -0.4 is 9.46 Å². The van der Waals surface area contributed by atoms with Gasteiger partial charge in [0.15, 0.2) is 5.03 Å². The number of halogens is 1. The fourth-order valence-electron chi connectivity index (χ4n) is 5.51. The second kappa shape index (κ2) is 9.48. The molecule has 2 aliphatic carbocycles. The highest BCUT2D eigenvalue weighted by molar-refractivity contribution is 7.92. The van der Waals surface area contributed by atoms with Crippen LogP contribution in [0.3, 0.4) is 0 Å². The van der Waals surface area contributed by atoms with Gasteiger partial charge in [-0.15, -0.1) is 11.3 Å². The number of aromatic carboxylic acids is 1. The summed E-state index contributed by atoms with van der Waals surface area (Å²) in [5.41, 5.74) is 1.87. The van der Waals surface area contributed by atoms with Crippen LogP contribution in [-0.2, 0) is 10.0 Å². The Hall–Kier alpha value is -2.98. The van der Waals surface area contributed by atoms with E-state index in [4.69, 9.17) is 9.84 Å². The minimum Gasteiger partial charge on any atom is -0.495 e. The van der Waals surface area contributed by atoms with E-state index in [1.807, 2.05) is 12.1 Å². The van der Waals surface area contributed by atoms with Gasteiger partial charge in [0.1, 0.15) is 16.6 Å². The van der Waals surface area contributed by atoms with Crippen molar-refractivity contribution in [3.63, 3.8) is 0 Å². The van der Waals surface area contributed by atoms with E-state index in [1.165, 1.54) is 74.3 Å². The lowest BCUT2D eigenvalue weighted by Crippen LogP contribution is -2.37. The summed E-state index contributed by atoms with van der Waals surface area (Å²) in [7, 11) is -2.92. The van der Waals surface area contributed by atoms with Gasteiger partial charge in [-0.25, -0.2) is 14.2 Å². The molecule has 7 nitrogen and oxygen atoms in total. The zero-order valence-corrected chi connectivity index (χ0v) is 21.4. The standard InChI is InChI=1S/C26H27FN2O5S2/c1-34-22-11-19(25(30)31)20(27)12-21(22)29-36(32,33)23-15-35-24(28-23)17-7-5-16(6-8-17)18-13-26(14-18)9-3-2-4-10-26/h5-8,11-12,15,18,29H,2-4,9-10,13-14H2,1H3,(H,30,31). The summed E-state index contributed by atoms with van der Waals surface area (Å²) in [6.07, 6.45) is 9.30. The molecular formula is C26H27FN2O5S2. The van der Waals surface area contributed by atoms with Gasteiger partial charge in [0.25, 0.3) is 10.0 Å². The van der Waals surface area contributed by atoms with Crippen molar-refractivity contribution in [2.24, 2.45) is 5.41 Å². The van der Waals surface area contributed by atoms with Crippen LogP contribution in [0.15, 0.2) is 46.8 Å². The third-order valence-electron chi connectivity index (χ3n) is 7.42. The van der Waals surface area contributed by atoms with E-state index >= 15 is 0 Å². The van der Waals surface area contributed by atoms with Crippen molar-refractivity contribution in [3.8, 4) is 16.3 Å². The van der Waals surface area contributed by atoms with E-state index in [1.54, 1.807) is 0 Å². The summed E-state index contributed by atoms with van der Waals surface area (Å²) in [5.74, 6) is -2.09. The number of hydrogen-bond acceptors (Lipinski definition) is 6. The molecule has 1 heterocycles. The lowest BCUT2D eigenvalue weighted by Gasteiger charge is -2.50. The van der Waals surface area contributed by atoms with Gasteiger partial charge in [0, 0.05) is 17.0 Å². The predicted octanol–water partition coefficient (Wildman–Crippen LogP) is 6.28. The highest BCUT2D eigenvalue weighted by atomic mass is 32.2. The maximum absolute atomic E-state index is 14.2. The Labute approximate surface area is 213 Å². The Bertz CT molecular complexity index is 1390. The molecule has 0 saturated heterocycles. The third kappa shape index (κ3) is 4.71. The number of thiazole rings is 1. The quantitative estimate of drug-likeness (QED) is 0.372. The second-order valence-corrected chi connectivity index (χ2v) is 12.2. The molecule has 1 spiro atoms. The molecule has 2 saturated carbocycles.